The molecule has 156 valence electrons. The van der Waals surface area contributed by atoms with Gasteiger partial charge in [-0.15, -0.1) is 0 Å². The number of ether oxygens (including phenoxy) is 3. The number of nitrogens with zero attached hydrogens (tertiary/aromatic N) is 1. The Morgan fingerprint density at radius 3 is 2.55 bits per heavy atom. The molecule has 11 heteroatoms. The second-order valence-electron chi connectivity index (χ2n) is 5.63. The fourth-order valence-electron chi connectivity index (χ4n) is 2.43. The third-order valence-corrected chi connectivity index (χ3v) is 4.13. The average Bonchev–Trinajstić information content (AvgIpc) is 2.88. The van der Waals surface area contributed by atoms with Crippen molar-refractivity contribution in [3.05, 3.63) is 27.9 Å². The van der Waals surface area contributed by atoms with Crippen molar-refractivity contribution in [2.24, 2.45) is 0 Å². The molecule has 0 aliphatic carbocycles. The summed E-state index contributed by atoms with van der Waals surface area (Å²) in [7, 11) is 0. The molecule has 0 aromatic heterocycles. The molecule has 0 radical (unpaired) electrons. The Morgan fingerprint density at radius 2 is 1.93 bits per heavy atom. The van der Waals surface area contributed by atoms with Crippen molar-refractivity contribution in [1.29, 1.82) is 0 Å². The van der Waals surface area contributed by atoms with Gasteiger partial charge in [0.1, 0.15) is 12.2 Å². The first kappa shape index (κ1) is 22.2. The molecule has 1 heterocycles. The zero-order valence-corrected chi connectivity index (χ0v) is 17.3. The van der Waals surface area contributed by atoms with Crippen LogP contribution in [0.4, 0.5) is 4.79 Å². The van der Waals surface area contributed by atoms with Crippen LogP contribution in [0.15, 0.2) is 22.3 Å². The Labute approximate surface area is 174 Å². The molecule has 1 saturated heterocycles. The van der Waals surface area contributed by atoms with Crippen LogP contribution in [0, 0.1) is 0 Å². The summed E-state index contributed by atoms with van der Waals surface area (Å²) in [5, 5.41) is 11.1. The van der Waals surface area contributed by atoms with Crippen LogP contribution in [-0.4, -0.2) is 60.2 Å². The second kappa shape index (κ2) is 9.92. The molecular weight excluding hydrogens is 452 g/mol. The van der Waals surface area contributed by atoms with E-state index in [1.165, 1.54) is 6.08 Å². The predicted molar refractivity (Wildman–Crippen MR) is 103 cm³/mol. The van der Waals surface area contributed by atoms with Crippen LogP contribution in [0.5, 0.6) is 11.5 Å². The van der Waals surface area contributed by atoms with E-state index in [-0.39, 0.29) is 24.7 Å². The fourth-order valence-corrected chi connectivity index (χ4v) is 3.00. The molecule has 0 saturated carbocycles. The highest BCUT2D eigenvalue weighted by Gasteiger charge is 2.34. The van der Waals surface area contributed by atoms with Crippen molar-refractivity contribution < 1.29 is 38.5 Å². The summed E-state index contributed by atoms with van der Waals surface area (Å²) in [6.45, 7) is 2.93. The summed E-state index contributed by atoms with van der Waals surface area (Å²) in [5.74, 6) is -2.02. The minimum absolute atomic E-state index is 0.0780. The van der Waals surface area contributed by atoms with Crippen LogP contribution in [0.2, 0.25) is 0 Å². The highest BCUT2D eigenvalue weighted by atomic mass is 79.9. The van der Waals surface area contributed by atoms with Gasteiger partial charge in [-0.1, -0.05) is 0 Å². The number of carbonyl (C=O) groups excluding carboxylic acids is 3. The number of hydrogen-bond donors (Lipinski definition) is 2. The monoisotopic (exact) mass is 470 g/mol. The predicted octanol–water partition coefficient (Wildman–Crippen LogP) is 1.77. The quantitative estimate of drug-likeness (QED) is 0.317. The minimum Gasteiger partial charge on any atom is -0.490 e. The molecule has 2 rings (SSSR count). The number of benzene rings is 1. The second-order valence-corrected chi connectivity index (χ2v) is 6.48. The first-order valence-corrected chi connectivity index (χ1v) is 9.37. The van der Waals surface area contributed by atoms with Gasteiger partial charge in [-0.25, -0.2) is 14.5 Å². The van der Waals surface area contributed by atoms with Crippen molar-refractivity contribution in [3.63, 3.8) is 0 Å². The number of carboxylic acids is 1. The molecule has 29 heavy (non-hydrogen) atoms. The normalized spacial score (nSPS) is 14.7. The Bertz CT molecular complexity index is 868. The third-order valence-electron chi connectivity index (χ3n) is 3.54. The van der Waals surface area contributed by atoms with Crippen LogP contribution in [0.1, 0.15) is 19.4 Å². The summed E-state index contributed by atoms with van der Waals surface area (Å²) < 4.78 is 16.3. The molecule has 1 aromatic carbocycles. The van der Waals surface area contributed by atoms with Gasteiger partial charge < -0.3 is 24.6 Å². The number of imide groups is 1. The number of rotatable bonds is 9. The lowest BCUT2D eigenvalue weighted by Gasteiger charge is -2.14. The number of nitrogens with one attached hydrogen (secondary N) is 1. The van der Waals surface area contributed by atoms with E-state index in [4.69, 9.17) is 19.3 Å². The lowest BCUT2D eigenvalue weighted by molar-refractivity contribution is -0.145. The van der Waals surface area contributed by atoms with E-state index < -0.39 is 30.4 Å². The van der Waals surface area contributed by atoms with Crippen molar-refractivity contribution in [1.82, 2.24) is 10.2 Å². The molecular formula is C18H19BrN2O8. The molecule has 1 aliphatic rings. The average molecular weight is 471 g/mol. The molecule has 1 aromatic rings. The number of carbonyl (C=O) groups is 4. The van der Waals surface area contributed by atoms with E-state index in [1.807, 2.05) is 0 Å². The van der Waals surface area contributed by atoms with Crippen molar-refractivity contribution in [2.45, 2.75) is 13.8 Å². The number of halogens is 1. The Morgan fingerprint density at radius 1 is 1.21 bits per heavy atom. The van der Waals surface area contributed by atoms with Gasteiger partial charge in [0.25, 0.3) is 5.91 Å². The molecule has 0 atom stereocenters. The maximum absolute atomic E-state index is 12.2. The molecule has 0 unspecified atom stereocenters. The smallest absolute Gasteiger partial charge is 0.344 e. The summed E-state index contributed by atoms with van der Waals surface area (Å²) >= 11 is 3.33. The summed E-state index contributed by atoms with van der Waals surface area (Å²) in [6, 6.07) is 2.33. The van der Waals surface area contributed by atoms with E-state index in [0.717, 1.165) is 0 Å². The SMILES string of the molecule is CCOC(=O)COc1c(Br)cc(/C=C2/NC(=O)N(CC(=O)O)C2=O)cc1OCC. The number of carboxylic acid groups (broad SMARTS) is 1. The third kappa shape index (κ3) is 5.70. The Balaban J connectivity index is 2.29. The zero-order valence-electron chi connectivity index (χ0n) is 15.7. The number of amides is 3. The highest BCUT2D eigenvalue weighted by Crippen LogP contribution is 2.37. The lowest BCUT2D eigenvalue weighted by atomic mass is 10.1. The van der Waals surface area contributed by atoms with Gasteiger partial charge in [-0.05, 0) is 53.5 Å². The molecule has 1 aliphatic heterocycles. The van der Waals surface area contributed by atoms with Gasteiger partial charge in [-0.3, -0.25) is 9.59 Å². The van der Waals surface area contributed by atoms with E-state index in [9.17, 15) is 19.2 Å². The van der Waals surface area contributed by atoms with Gasteiger partial charge in [0, 0.05) is 0 Å². The zero-order chi connectivity index (χ0) is 21.6. The number of urea groups is 1. The lowest BCUT2D eigenvalue weighted by Crippen LogP contribution is -2.35. The van der Waals surface area contributed by atoms with Crippen LogP contribution in [0.25, 0.3) is 6.08 Å². The van der Waals surface area contributed by atoms with Crippen LogP contribution < -0.4 is 14.8 Å². The molecule has 0 bridgehead atoms. The maximum Gasteiger partial charge on any atom is 0.344 e. The highest BCUT2D eigenvalue weighted by molar-refractivity contribution is 9.10. The molecule has 3 amide bonds. The summed E-state index contributed by atoms with van der Waals surface area (Å²) in [6.07, 6.45) is 1.38. The number of aliphatic carboxylic acids is 1. The summed E-state index contributed by atoms with van der Waals surface area (Å²) in [4.78, 5) is 47.0. The van der Waals surface area contributed by atoms with Crippen LogP contribution in [-0.2, 0) is 19.1 Å². The molecule has 1 fully saturated rings. The maximum atomic E-state index is 12.2. The topological polar surface area (TPSA) is 131 Å². The molecule has 0 spiro atoms. The first-order chi connectivity index (χ1) is 13.8. The fraction of sp³-hybridized carbons (Fsp3) is 0.333. The van der Waals surface area contributed by atoms with Crippen LogP contribution in [0.3, 0.4) is 0 Å². The largest absolute Gasteiger partial charge is 0.490 e. The minimum atomic E-state index is -1.31. The number of esters is 1. The summed E-state index contributed by atoms with van der Waals surface area (Å²) in [5.41, 5.74) is 0.399. The van der Waals surface area contributed by atoms with E-state index in [0.29, 0.717) is 27.3 Å². The van der Waals surface area contributed by atoms with Crippen molar-refractivity contribution in [2.75, 3.05) is 26.4 Å². The standard InChI is InChI=1S/C18H19BrN2O8/c1-3-27-13-7-10(5-11(19)16(13)29-9-15(24)28-4-2)6-12-17(25)21(8-14(22)23)18(26)20-12/h5-7H,3-4,8-9H2,1-2H3,(H,20,26)(H,22,23)/b12-6+. The number of hydrogen-bond acceptors (Lipinski definition) is 7. The Hall–Kier alpha value is -3.08. The van der Waals surface area contributed by atoms with E-state index in [2.05, 4.69) is 21.2 Å². The van der Waals surface area contributed by atoms with Gasteiger partial charge in [-0.2, -0.15) is 0 Å². The van der Waals surface area contributed by atoms with Crippen molar-refractivity contribution >= 4 is 45.9 Å². The van der Waals surface area contributed by atoms with Gasteiger partial charge in [0.15, 0.2) is 18.1 Å². The molecule has 2 N–H and O–H groups in total. The van der Waals surface area contributed by atoms with E-state index in [1.54, 1.807) is 26.0 Å². The van der Waals surface area contributed by atoms with E-state index >= 15 is 0 Å². The Kier molecular flexibility index (Phi) is 7.59. The van der Waals surface area contributed by atoms with Gasteiger partial charge >= 0.3 is 18.0 Å². The molecule has 10 nitrogen and oxygen atoms in total. The van der Waals surface area contributed by atoms with Crippen LogP contribution >= 0.6 is 15.9 Å². The van der Waals surface area contributed by atoms with Crippen molar-refractivity contribution in [3.8, 4) is 11.5 Å². The van der Waals surface area contributed by atoms with Gasteiger partial charge in [0.05, 0.1) is 17.7 Å². The van der Waals surface area contributed by atoms with Gasteiger partial charge in [0.2, 0.25) is 0 Å². The first-order valence-electron chi connectivity index (χ1n) is 8.57.